The van der Waals surface area contributed by atoms with Crippen LogP contribution in [0.25, 0.3) is 0 Å². The number of alkyl halides is 6. The molecule has 54 heavy (non-hydrogen) atoms. The summed E-state index contributed by atoms with van der Waals surface area (Å²) in [7, 11) is 0. The first-order valence-corrected chi connectivity index (χ1v) is 17.4. The molecule has 0 amide bonds. The van der Waals surface area contributed by atoms with E-state index in [0.29, 0.717) is 61.9 Å². The first-order valence-electron chi connectivity index (χ1n) is 17.4. The van der Waals surface area contributed by atoms with Crippen molar-refractivity contribution in [2.75, 3.05) is 26.4 Å². The monoisotopic (exact) mass is 766 g/mol. The van der Waals surface area contributed by atoms with E-state index >= 15 is 0 Å². The largest absolute Gasteiger partial charge is 0.494 e. The molecule has 8 nitrogen and oxygen atoms in total. The third kappa shape index (κ3) is 15.5. The molecule has 0 saturated carbocycles. The number of carbonyl (C=O) groups is 2. The van der Waals surface area contributed by atoms with E-state index in [-0.39, 0.29) is 0 Å². The van der Waals surface area contributed by atoms with Gasteiger partial charge in [0.05, 0.1) is 26.4 Å². The minimum absolute atomic E-state index is 0.311. The Morgan fingerprint density at radius 2 is 0.815 bits per heavy atom. The Bertz CT molecular complexity index is 1500. The topological polar surface area (TPSA) is 89.5 Å². The normalized spacial score (nSPS) is 11.4. The van der Waals surface area contributed by atoms with Gasteiger partial charge < -0.3 is 28.4 Å². The van der Waals surface area contributed by atoms with Crippen LogP contribution >= 0.6 is 0 Å². The van der Waals surface area contributed by atoms with Crippen molar-refractivity contribution in [2.24, 2.45) is 0 Å². The van der Waals surface area contributed by atoms with Gasteiger partial charge in [-0.25, -0.2) is 9.59 Å². The van der Waals surface area contributed by atoms with Crippen molar-refractivity contribution >= 4 is 11.9 Å². The highest BCUT2D eigenvalue weighted by molar-refractivity contribution is 5.81. The van der Waals surface area contributed by atoms with Gasteiger partial charge in [0.1, 0.15) is 47.3 Å². The van der Waals surface area contributed by atoms with Crippen LogP contribution in [-0.4, -0.2) is 38.4 Å². The molecule has 0 bridgehead atoms. The van der Waals surface area contributed by atoms with E-state index in [9.17, 15) is 35.9 Å². The lowest BCUT2D eigenvalue weighted by atomic mass is 10.0. The van der Waals surface area contributed by atoms with E-state index in [0.717, 1.165) is 62.8 Å². The Morgan fingerprint density at radius 1 is 0.481 bits per heavy atom. The number of hydrogen-bond acceptors (Lipinski definition) is 8. The van der Waals surface area contributed by atoms with Crippen LogP contribution in [0.4, 0.5) is 26.3 Å². The molecule has 0 aliphatic rings. The zero-order chi connectivity index (χ0) is 39.4. The summed E-state index contributed by atoms with van der Waals surface area (Å²) >= 11 is 0. The van der Waals surface area contributed by atoms with Crippen LogP contribution in [0.15, 0.2) is 86.0 Å². The predicted molar refractivity (Wildman–Crippen MR) is 188 cm³/mol. The van der Waals surface area contributed by atoms with Crippen LogP contribution in [0.2, 0.25) is 0 Å². The fraction of sp³-hybridized carbons (Fsp3) is 0.400. The summed E-state index contributed by atoms with van der Waals surface area (Å²) in [5.41, 5.74) is -3.13. The zero-order valence-electron chi connectivity index (χ0n) is 29.8. The molecule has 3 rings (SSSR count). The lowest BCUT2D eigenvalue weighted by Crippen LogP contribution is -2.20. The molecule has 0 radical (unpaired) electrons. The molecule has 0 aliphatic heterocycles. The fourth-order valence-corrected chi connectivity index (χ4v) is 5.01. The average molecular weight is 767 g/mol. The summed E-state index contributed by atoms with van der Waals surface area (Å²) in [6.45, 7) is 7.23. The lowest BCUT2D eigenvalue weighted by molar-refractivity contribution is -0.164. The van der Waals surface area contributed by atoms with Crippen molar-refractivity contribution in [1.82, 2.24) is 0 Å². The fourth-order valence-electron chi connectivity index (χ4n) is 5.01. The molecule has 0 atom stereocenters. The standard InChI is InChI=1S/C40H44F6O8/c1-3-35(47)51-25-11-7-5-9-23-49-31-17-13-29(14-18-31)27-53-33-21-22-34(38(40(44,45)46)37(33)39(41,42)43)54-28-30-15-19-32(20-16-30)50-24-10-6-8-12-26-52-36(48)4-2/h3-4,13-22H,1-2,5-12,23-28H2. The van der Waals surface area contributed by atoms with Crippen molar-refractivity contribution in [2.45, 2.75) is 76.9 Å². The molecule has 3 aromatic carbocycles. The van der Waals surface area contributed by atoms with E-state index in [2.05, 4.69) is 13.2 Å². The Labute approximate surface area is 310 Å². The molecule has 0 aromatic heterocycles. The van der Waals surface area contributed by atoms with Gasteiger partial charge in [0.2, 0.25) is 0 Å². The molecule has 0 unspecified atom stereocenters. The van der Waals surface area contributed by atoms with E-state index in [1.165, 1.54) is 0 Å². The summed E-state index contributed by atoms with van der Waals surface area (Å²) < 4.78 is 117. The second kappa shape index (κ2) is 22.2. The highest BCUT2D eigenvalue weighted by Crippen LogP contribution is 2.49. The van der Waals surface area contributed by atoms with Crippen molar-refractivity contribution in [3.63, 3.8) is 0 Å². The van der Waals surface area contributed by atoms with Gasteiger partial charge in [-0.05, 0) is 98.9 Å². The maximum Gasteiger partial charge on any atom is 0.420 e. The highest BCUT2D eigenvalue weighted by Gasteiger charge is 2.48. The second-order valence-corrected chi connectivity index (χ2v) is 11.9. The smallest absolute Gasteiger partial charge is 0.420 e. The molecule has 14 heteroatoms. The van der Waals surface area contributed by atoms with Crippen molar-refractivity contribution in [3.05, 3.63) is 108 Å². The average Bonchev–Trinajstić information content (AvgIpc) is 3.14. The molecule has 3 aromatic rings. The molecule has 0 spiro atoms. The van der Waals surface area contributed by atoms with Gasteiger partial charge in [-0.2, -0.15) is 26.3 Å². The SMILES string of the molecule is C=CC(=O)OCCCCCCOc1ccc(COc2ccc(OCc3ccc(OCCCCCCOC(=O)C=C)cc3)c(C(F)(F)F)c2C(F)(F)F)cc1. The number of ether oxygens (including phenoxy) is 6. The van der Waals surface area contributed by atoms with Crippen molar-refractivity contribution in [1.29, 1.82) is 0 Å². The quantitative estimate of drug-likeness (QED) is 0.0385. The third-order valence-corrected chi connectivity index (χ3v) is 7.77. The number of rotatable bonds is 24. The highest BCUT2D eigenvalue weighted by atomic mass is 19.4. The van der Waals surface area contributed by atoms with Gasteiger partial charge in [0, 0.05) is 12.2 Å². The molecule has 0 N–H and O–H groups in total. The lowest BCUT2D eigenvalue weighted by Gasteiger charge is -2.22. The summed E-state index contributed by atoms with van der Waals surface area (Å²) in [6.07, 6.45) is -2.37. The van der Waals surface area contributed by atoms with Crippen LogP contribution in [0.3, 0.4) is 0 Å². The van der Waals surface area contributed by atoms with Gasteiger partial charge in [-0.1, -0.05) is 37.4 Å². The Balaban J connectivity index is 1.53. The molecule has 0 saturated heterocycles. The maximum atomic E-state index is 14.2. The number of benzene rings is 3. The minimum Gasteiger partial charge on any atom is -0.494 e. The van der Waals surface area contributed by atoms with Gasteiger partial charge in [0.15, 0.2) is 0 Å². The molecule has 294 valence electrons. The van der Waals surface area contributed by atoms with Gasteiger partial charge in [-0.15, -0.1) is 0 Å². The Morgan fingerprint density at radius 3 is 1.13 bits per heavy atom. The molecular formula is C40H44F6O8. The molecule has 0 fully saturated rings. The van der Waals surface area contributed by atoms with Gasteiger partial charge in [-0.3, -0.25) is 0 Å². The summed E-state index contributed by atoms with van der Waals surface area (Å²) in [6, 6.07) is 14.2. The number of carbonyl (C=O) groups excluding carboxylic acids is 2. The Hall–Kier alpha value is -5.14. The number of esters is 2. The van der Waals surface area contributed by atoms with Crippen molar-refractivity contribution in [3.8, 4) is 23.0 Å². The summed E-state index contributed by atoms with van der Waals surface area (Å²) in [5.74, 6) is -1.89. The van der Waals surface area contributed by atoms with Gasteiger partial charge in [0.25, 0.3) is 0 Å². The van der Waals surface area contributed by atoms with E-state index in [4.69, 9.17) is 28.4 Å². The summed E-state index contributed by atoms with van der Waals surface area (Å²) in [5, 5.41) is 0. The first-order chi connectivity index (χ1) is 25.8. The number of halogens is 6. The molecule has 0 aliphatic carbocycles. The third-order valence-electron chi connectivity index (χ3n) is 7.77. The van der Waals surface area contributed by atoms with Crippen LogP contribution in [-0.2, 0) is 44.6 Å². The maximum absolute atomic E-state index is 14.2. The van der Waals surface area contributed by atoms with Crippen LogP contribution in [0.5, 0.6) is 23.0 Å². The number of unbranched alkanes of at least 4 members (excludes halogenated alkanes) is 6. The molecule has 0 heterocycles. The van der Waals surface area contributed by atoms with Crippen LogP contribution in [0.1, 0.15) is 73.6 Å². The zero-order valence-corrected chi connectivity index (χ0v) is 29.8. The molecular weight excluding hydrogens is 722 g/mol. The number of hydrogen-bond donors (Lipinski definition) is 0. The van der Waals surface area contributed by atoms with Crippen LogP contribution in [0, 0.1) is 0 Å². The predicted octanol–water partition coefficient (Wildman–Crippen LogP) is 10.2. The van der Waals surface area contributed by atoms with E-state index < -0.39 is 60.1 Å². The Kier molecular flexibility index (Phi) is 17.8. The van der Waals surface area contributed by atoms with Gasteiger partial charge >= 0.3 is 24.3 Å². The summed E-state index contributed by atoms with van der Waals surface area (Å²) in [4.78, 5) is 22.0. The van der Waals surface area contributed by atoms with E-state index in [1.54, 1.807) is 48.5 Å². The minimum atomic E-state index is -5.41. The van der Waals surface area contributed by atoms with Crippen molar-refractivity contribution < 1.29 is 64.4 Å². The van der Waals surface area contributed by atoms with E-state index in [1.807, 2.05) is 0 Å². The van der Waals surface area contributed by atoms with Crippen LogP contribution < -0.4 is 18.9 Å². The first kappa shape index (κ1) is 43.3. The second-order valence-electron chi connectivity index (χ2n) is 11.9.